The number of hydrogen-bond donors (Lipinski definition) is 1. The number of carbonyl (C=O) groups excluding carboxylic acids is 1. The molecule has 0 radical (unpaired) electrons. The quantitative estimate of drug-likeness (QED) is 0.721. The fourth-order valence-electron chi connectivity index (χ4n) is 2.45. The molecule has 0 bridgehead atoms. The zero-order chi connectivity index (χ0) is 19.2. The van der Waals surface area contributed by atoms with Crippen molar-refractivity contribution in [3.63, 3.8) is 0 Å². The van der Waals surface area contributed by atoms with E-state index in [2.05, 4.69) is 15.3 Å². The van der Waals surface area contributed by atoms with Crippen LogP contribution in [-0.4, -0.2) is 37.1 Å². The van der Waals surface area contributed by atoms with E-state index in [0.717, 1.165) is 11.4 Å². The van der Waals surface area contributed by atoms with Crippen LogP contribution in [0.1, 0.15) is 10.4 Å². The average molecular weight is 364 g/mol. The molecular weight excluding hydrogens is 344 g/mol. The van der Waals surface area contributed by atoms with Gasteiger partial charge in [0.25, 0.3) is 5.91 Å². The van der Waals surface area contributed by atoms with E-state index in [1.807, 2.05) is 49.5 Å². The molecule has 1 aromatic heterocycles. The number of nitrogens with zero attached hydrogens (tertiary/aromatic N) is 3. The summed E-state index contributed by atoms with van der Waals surface area (Å²) in [5.41, 5.74) is 2.02. The molecule has 138 valence electrons. The number of carbonyl (C=O) groups is 1. The summed E-state index contributed by atoms with van der Waals surface area (Å²) in [7, 11) is 4.86. The lowest BCUT2D eigenvalue weighted by atomic mass is 10.1. The van der Waals surface area contributed by atoms with Crippen molar-refractivity contribution >= 4 is 23.2 Å². The highest BCUT2D eigenvalue weighted by molar-refractivity contribution is 6.04. The smallest absolute Gasteiger partial charge is 0.255 e. The normalized spacial score (nSPS) is 10.2. The summed E-state index contributed by atoms with van der Waals surface area (Å²) in [6, 6.07) is 18.1. The third-order valence-electron chi connectivity index (χ3n) is 3.91. The first-order valence-electron chi connectivity index (χ1n) is 8.28. The van der Waals surface area contributed by atoms with Gasteiger partial charge in [-0.15, -0.1) is 0 Å². The second kappa shape index (κ2) is 8.18. The largest absolute Gasteiger partial charge is 0.481 e. The summed E-state index contributed by atoms with van der Waals surface area (Å²) in [5, 5.41) is 2.87. The number of para-hydroxylation sites is 1. The molecule has 3 rings (SSSR count). The second-order valence-electron chi connectivity index (χ2n) is 5.68. The fourth-order valence-corrected chi connectivity index (χ4v) is 2.45. The Hall–Kier alpha value is -3.61. The number of ether oxygens (including phenoxy) is 2. The molecule has 1 amide bonds. The molecular formula is C20H20N4O3. The van der Waals surface area contributed by atoms with Crippen LogP contribution in [0.3, 0.4) is 0 Å². The topological polar surface area (TPSA) is 76.6 Å². The summed E-state index contributed by atoms with van der Waals surface area (Å²) in [4.78, 5) is 22.9. The van der Waals surface area contributed by atoms with E-state index in [4.69, 9.17) is 9.47 Å². The summed E-state index contributed by atoms with van der Waals surface area (Å²) < 4.78 is 10.4. The molecule has 27 heavy (non-hydrogen) atoms. The molecule has 0 fully saturated rings. The summed E-state index contributed by atoms with van der Waals surface area (Å²) in [5.74, 6) is 0.982. The van der Waals surface area contributed by atoms with Gasteiger partial charge in [-0.3, -0.25) is 4.79 Å². The van der Waals surface area contributed by atoms with Gasteiger partial charge in [-0.05, 0) is 30.3 Å². The van der Waals surface area contributed by atoms with Crippen LogP contribution in [0.5, 0.6) is 11.8 Å². The highest BCUT2D eigenvalue weighted by Crippen LogP contribution is 2.26. The van der Waals surface area contributed by atoms with E-state index in [9.17, 15) is 4.79 Å². The van der Waals surface area contributed by atoms with Gasteiger partial charge in [0.15, 0.2) is 0 Å². The lowest BCUT2D eigenvalue weighted by molar-refractivity contribution is 0.102. The zero-order valence-corrected chi connectivity index (χ0v) is 15.3. The van der Waals surface area contributed by atoms with Crippen molar-refractivity contribution in [2.75, 3.05) is 31.5 Å². The maximum Gasteiger partial charge on any atom is 0.255 e. The maximum absolute atomic E-state index is 12.5. The van der Waals surface area contributed by atoms with Crippen LogP contribution in [0, 0.1) is 0 Å². The van der Waals surface area contributed by atoms with Crippen molar-refractivity contribution in [3.8, 4) is 11.8 Å². The lowest BCUT2D eigenvalue weighted by Gasteiger charge is -2.19. The number of hydrogen-bond acceptors (Lipinski definition) is 6. The lowest BCUT2D eigenvalue weighted by Crippen LogP contribution is -2.16. The Bertz CT molecular complexity index is 909. The van der Waals surface area contributed by atoms with Crippen LogP contribution in [-0.2, 0) is 0 Å². The minimum atomic E-state index is -0.194. The third-order valence-corrected chi connectivity index (χ3v) is 3.91. The van der Waals surface area contributed by atoms with Gasteiger partial charge in [-0.25, -0.2) is 0 Å². The van der Waals surface area contributed by atoms with Gasteiger partial charge < -0.3 is 19.7 Å². The molecule has 0 spiro atoms. The number of anilines is 3. The predicted molar refractivity (Wildman–Crippen MR) is 104 cm³/mol. The minimum absolute atomic E-state index is 0.194. The van der Waals surface area contributed by atoms with Crippen molar-refractivity contribution in [2.24, 2.45) is 0 Å². The Morgan fingerprint density at radius 1 is 0.926 bits per heavy atom. The Morgan fingerprint density at radius 3 is 2.22 bits per heavy atom. The van der Waals surface area contributed by atoms with E-state index in [0.29, 0.717) is 23.3 Å². The molecule has 7 nitrogen and oxygen atoms in total. The van der Waals surface area contributed by atoms with Gasteiger partial charge in [0.05, 0.1) is 20.3 Å². The molecule has 0 atom stereocenters. The SMILES string of the molecule is COc1cc(OC)nc(N(C)c2cccc(C(=O)Nc3ccccc3)c2)n1. The Balaban J connectivity index is 1.85. The highest BCUT2D eigenvalue weighted by atomic mass is 16.5. The summed E-state index contributed by atoms with van der Waals surface area (Å²) in [6.45, 7) is 0. The van der Waals surface area contributed by atoms with E-state index in [1.54, 1.807) is 23.1 Å². The predicted octanol–water partition coefficient (Wildman–Crippen LogP) is 3.51. The summed E-state index contributed by atoms with van der Waals surface area (Å²) in [6.07, 6.45) is 0. The molecule has 0 aliphatic heterocycles. The van der Waals surface area contributed by atoms with Crippen molar-refractivity contribution in [1.82, 2.24) is 9.97 Å². The maximum atomic E-state index is 12.5. The van der Waals surface area contributed by atoms with E-state index < -0.39 is 0 Å². The monoisotopic (exact) mass is 364 g/mol. The molecule has 0 unspecified atom stereocenters. The van der Waals surface area contributed by atoms with Crippen molar-refractivity contribution < 1.29 is 14.3 Å². The standard InChI is InChI=1S/C20H20N4O3/c1-24(20-22-17(26-2)13-18(23-20)27-3)16-11-7-8-14(12-16)19(25)21-15-9-5-4-6-10-15/h4-13H,1-3H3,(H,21,25). The Morgan fingerprint density at radius 2 is 1.59 bits per heavy atom. The molecule has 0 aliphatic rings. The molecule has 7 heteroatoms. The first-order valence-corrected chi connectivity index (χ1v) is 8.28. The fraction of sp³-hybridized carbons (Fsp3) is 0.150. The van der Waals surface area contributed by atoms with Crippen molar-refractivity contribution in [3.05, 3.63) is 66.2 Å². The van der Waals surface area contributed by atoms with Crippen LogP contribution in [0.25, 0.3) is 0 Å². The van der Waals surface area contributed by atoms with Crippen molar-refractivity contribution in [2.45, 2.75) is 0 Å². The molecule has 0 saturated carbocycles. The van der Waals surface area contributed by atoms with E-state index in [-0.39, 0.29) is 5.91 Å². The first kappa shape index (κ1) is 18.2. The van der Waals surface area contributed by atoms with Crippen LogP contribution in [0.2, 0.25) is 0 Å². The summed E-state index contributed by atoms with van der Waals surface area (Å²) >= 11 is 0. The van der Waals surface area contributed by atoms with Gasteiger partial charge >= 0.3 is 0 Å². The van der Waals surface area contributed by atoms with Gasteiger partial charge in [0.1, 0.15) is 0 Å². The molecule has 1 N–H and O–H groups in total. The Labute approximate surface area is 157 Å². The number of rotatable bonds is 6. The number of aromatic nitrogens is 2. The molecule has 2 aromatic carbocycles. The molecule has 0 aliphatic carbocycles. The number of methoxy groups -OCH3 is 2. The first-order chi connectivity index (χ1) is 13.1. The zero-order valence-electron chi connectivity index (χ0n) is 15.3. The van der Waals surface area contributed by atoms with Crippen LogP contribution < -0.4 is 19.7 Å². The van der Waals surface area contributed by atoms with E-state index in [1.165, 1.54) is 14.2 Å². The van der Waals surface area contributed by atoms with Crippen LogP contribution in [0.4, 0.5) is 17.3 Å². The van der Waals surface area contributed by atoms with Gasteiger partial charge in [-0.2, -0.15) is 9.97 Å². The van der Waals surface area contributed by atoms with Crippen LogP contribution in [0.15, 0.2) is 60.7 Å². The van der Waals surface area contributed by atoms with Crippen LogP contribution >= 0.6 is 0 Å². The van der Waals surface area contributed by atoms with Crippen molar-refractivity contribution in [1.29, 1.82) is 0 Å². The number of amides is 1. The molecule has 1 heterocycles. The third kappa shape index (κ3) is 4.33. The number of nitrogens with one attached hydrogen (secondary N) is 1. The Kier molecular flexibility index (Phi) is 5.51. The number of benzene rings is 2. The second-order valence-corrected chi connectivity index (χ2v) is 5.68. The van der Waals surface area contributed by atoms with Gasteiger partial charge in [0, 0.05) is 24.0 Å². The average Bonchev–Trinajstić information content (AvgIpc) is 2.73. The van der Waals surface area contributed by atoms with E-state index >= 15 is 0 Å². The van der Waals surface area contributed by atoms with Gasteiger partial charge in [0.2, 0.25) is 17.7 Å². The minimum Gasteiger partial charge on any atom is -0.481 e. The van der Waals surface area contributed by atoms with Gasteiger partial charge in [-0.1, -0.05) is 24.3 Å². The molecule has 3 aromatic rings. The highest BCUT2D eigenvalue weighted by Gasteiger charge is 2.14. The molecule has 0 saturated heterocycles.